The lowest BCUT2D eigenvalue weighted by molar-refractivity contribution is 0.244. The molecule has 1 fully saturated rings. The third-order valence-electron chi connectivity index (χ3n) is 5.71. The molecule has 0 bridgehead atoms. The first kappa shape index (κ1) is 25.6. The highest BCUT2D eigenvalue weighted by molar-refractivity contribution is 14.0. The van der Waals surface area contributed by atoms with Gasteiger partial charge in [-0.1, -0.05) is 61.0 Å². The number of nitrogens with one attached hydrogen (secondary N) is 3. The molecule has 0 heterocycles. The Labute approximate surface area is 203 Å². The third kappa shape index (κ3) is 7.18. The molecule has 0 spiro atoms. The van der Waals surface area contributed by atoms with Gasteiger partial charge in [0.2, 0.25) is 10.0 Å². The summed E-state index contributed by atoms with van der Waals surface area (Å²) in [6.07, 6.45) is 3.63. The number of hydrogen-bond acceptors (Lipinski definition) is 3. The van der Waals surface area contributed by atoms with E-state index in [2.05, 4.69) is 52.6 Å². The van der Waals surface area contributed by atoms with E-state index in [1.807, 2.05) is 24.3 Å². The summed E-state index contributed by atoms with van der Waals surface area (Å²) in [4.78, 5) is 4.73. The van der Waals surface area contributed by atoms with Crippen LogP contribution in [-0.2, 0) is 27.7 Å². The summed E-state index contributed by atoms with van der Waals surface area (Å²) in [5, 5.41) is 6.85. The summed E-state index contributed by atoms with van der Waals surface area (Å²) in [6.45, 7) is 4.17. The molecule has 170 valence electrons. The van der Waals surface area contributed by atoms with Crippen molar-refractivity contribution in [2.24, 2.45) is 4.99 Å². The molecule has 1 aliphatic carbocycles. The Morgan fingerprint density at radius 2 is 1.74 bits per heavy atom. The van der Waals surface area contributed by atoms with E-state index in [4.69, 9.17) is 4.99 Å². The number of hydrogen-bond donors (Lipinski definition) is 3. The van der Waals surface area contributed by atoms with E-state index in [9.17, 15) is 8.42 Å². The van der Waals surface area contributed by atoms with Crippen molar-refractivity contribution in [1.82, 2.24) is 15.4 Å². The molecule has 3 rings (SSSR count). The fraction of sp³-hybridized carbons (Fsp3) is 0.435. The van der Waals surface area contributed by atoms with Crippen LogP contribution in [0.1, 0.15) is 42.9 Å². The number of rotatable bonds is 9. The molecule has 31 heavy (non-hydrogen) atoms. The van der Waals surface area contributed by atoms with Crippen LogP contribution in [0.15, 0.2) is 59.6 Å². The number of sulfonamides is 1. The number of guanidine groups is 1. The Kier molecular flexibility index (Phi) is 9.77. The van der Waals surface area contributed by atoms with Gasteiger partial charge in [-0.05, 0) is 43.5 Å². The summed E-state index contributed by atoms with van der Waals surface area (Å²) in [7, 11) is -1.85. The Bertz CT molecular complexity index is 961. The largest absolute Gasteiger partial charge is 0.357 e. The molecular formula is C23H33IN4O2S. The van der Waals surface area contributed by atoms with Gasteiger partial charge in [-0.25, -0.2) is 18.1 Å². The van der Waals surface area contributed by atoms with Gasteiger partial charge in [-0.15, -0.1) is 24.0 Å². The zero-order chi connectivity index (χ0) is 21.5. The average Bonchev–Trinajstić information content (AvgIpc) is 2.72. The summed E-state index contributed by atoms with van der Waals surface area (Å²) in [6, 6.07) is 18.3. The first-order chi connectivity index (χ1) is 14.5. The van der Waals surface area contributed by atoms with Crippen molar-refractivity contribution >= 4 is 40.0 Å². The second-order valence-electron chi connectivity index (χ2n) is 7.83. The zero-order valence-electron chi connectivity index (χ0n) is 18.2. The van der Waals surface area contributed by atoms with Gasteiger partial charge in [0.25, 0.3) is 0 Å². The van der Waals surface area contributed by atoms with Crippen molar-refractivity contribution in [3.63, 3.8) is 0 Å². The smallest absolute Gasteiger partial charge is 0.215 e. The lowest BCUT2D eigenvalue weighted by Crippen LogP contribution is -2.48. The SMILES string of the molecule is CCNC(=NCc1cccc(CS(=O)(=O)NC)c1)NCC1(c2ccccc2)CCC1.I. The summed E-state index contributed by atoms with van der Waals surface area (Å²) in [5.74, 6) is 0.756. The van der Waals surface area contributed by atoms with E-state index in [1.165, 1.54) is 31.9 Å². The molecule has 6 nitrogen and oxygen atoms in total. The normalized spacial score (nSPS) is 15.5. The number of halogens is 1. The van der Waals surface area contributed by atoms with Gasteiger partial charge in [0.05, 0.1) is 12.3 Å². The van der Waals surface area contributed by atoms with Gasteiger partial charge in [0.1, 0.15) is 0 Å². The highest BCUT2D eigenvalue weighted by atomic mass is 127. The van der Waals surface area contributed by atoms with Crippen LogP contribution in [0.5, 0.6) is 0 Å². The van der Waals surface area contributed by atoms with Crippen molar-refractivity contribution in [3.05, 3.63) is 71.3 Å². The number of nitrogens with zero attached hydrogens (tertiary/aromatic N) is 1. The van der Waals surface area contributed by atoms with Crippen molar-refractivity contribution in [3.8, 4) is 0 Å². The Balaban J connectivity index is 0.00000341. The first-order valence-electron chi connectivity index (χ1n) is 10.5. The second-order valence-corrected chi connectivity index (χ2v) is 9.76. The maximum atomic E-state index is 11.8. The highest BCUT2D eigenvalue weighted by Gasteiger charge is 2.38. The summed E-state index contributed by atoms with van der Waals surface area (Å²) < 4.78 is 26.0. The first-order valence-corrected chi connectivity index (χ1v) is 12.2. The molecule has 0 atom stereocenters. The lowest BCUT2D eigenvalue weighted by atomic mass is 9.64. The maximum absolute atomic E-state index is 11.8. The quantitative estimate of drug-likeness (QED) is 0.251. The van der Waals surface area contributed by atoms with Crippen LogP contribution in [0.3, 0.4) is 0 Å². The van der Waals surface area contributed by atoms with Crippen LogP contribution < -0.4 is 15.4 Å². The molecule has 2 aromatic carbocycles. The molecule has 3 N–H and O–H groups in total. The monoisotopic (exact) mass is 556 g/mol. The molecule has 0 unspecified atom stereocenters. The Morgan fingerprint density at radius 1 is 1.03 bits per heavy atom. The van der Waals surface area contributed by atoms with Crippen LogP contribution >= 0.6 is 24.0 Å². The molecule has 0 aromatic heterocycles. The second kappa shape index (κ2) is 11.8. The molecule has 0 amide bonds. The van der Waals surface area contributed by atoms with Crippen LogP contribution in [0.2, 0.25) is 0 Å². The van der Waals surface area contributed by atoms with Gasteiger partial charge in [0, 0.05) is 18.5 Å². The third-order valence-corrected chi connectivity index (χ3v) is 7.05. The van der Waals surface area contributed by atoms with Gasteiger partial charge >= 0.3 is 0 Å². The molecule has 1 aliphatic rings. The van der Waals surface area contributed by atoms with Gasteiger partial charge in [-0.3, -0.25) is 0 Å². The summed E-state index contributed by atoms with van der Waals surface area (Å²) >= 11 is 0. The predicted octanol–water partition coefficient (Wildman–Crippen LogP) is 3.53. The summed E-state index contributed by atoms with van der Waals surface area (Å²) in [5.41, 5.74) is 3.31. The topological polar surface area (TPSA) is 82.6 Å². The molecule has 8 heteroatoms. The minimum Gasteiger partial charge on any atom is -0.357 e. The molecular weight excluding hydrogens is 523 g/mol. The van der Waals surface area contributed by atoms with E-state index in [1.54, 1.807) is 0 Å². The van der Waals surface area contributed by atoms with Gasteiger partial charge in [-0.2, -0.15) is 0 Å². The molecule has 0 radical (unpaired) electrons. The van der Waals surface area contributed by atoms with E-state index < -0.39 is 10.0 Å². The molecule has 2 aromatic rings. The lowest BCUT2D eigenvalue weighted by Gasteiger charge is -2.43. The van der Waals surface area contributed by atoms with Gasteiger partial charge in [0.15, 0.2) is 5.96 Å². The minimum absolute atomic E-state index is 0. The fourth-order valence-electron chi connectivity index (χ4n) is 3.84. The van der Waals surface area contributed by atoms with Crippen LogP contribution in [0, 0.1) is 0 Å². The van der Waals surface area contributed by atoms with E-state index >= 15 is 0 Å². The van der Waals surface area contributed by atoms with Crippen molar-refractivity contribution < 1.29 is 8.42 Å². The standard InChI is InChI=1S/C23H32N4O2S.HI/c1-3-25-22(27-18-23(13-8-14-23)21-11-5-4-6-12-21)26-16-19-9-7-10-20(15-19)17-30(28,29)24-2;/h4-7,9-12,15,24H,3,8,13-14,16-18H2,1-2H3,(H2,25,26,27);1H. The maximum Gasteiger partial charge on any atom is 0.215 e. The molecule has 0 aliphatic heterocycles. The van der Waals surface area contributed by atoms with E-state index in [0.29, 0.717) is 6.54 Å². The van der Waals surface area contributed by atoms with E-state index in [0.717, 1.165) is 30.2 Å². The van der Waals surface area contributed by atoms with Crippen LogP contribution in [-0.4, -0.2) is 34.5 Å². The molecule has 1 saturated carbocycles. The number of aliphatic imine (C=N–C) groups is 1. The average molecular weight is 557 g/mol. The molecule has 0 saturated heterocycles. The van der Waals surface area contributed by atoms with Crippen molar-refractivity contribution in [2.45, 2.75) is 43.9 Å². The minimum atomic E-state index is -3.29. The zero-order valence-corrected chi connectivity index (χ0v) is 21.4. The van der Waals surface area contributed by atoms with Crippen LogP contribution in [0.25, 0.3) is 0 Å². The number of benzene rings is 2. The van der Waals surface area contributed by atoms with Gasteiger partial charge < -0.3 is 10.6 Å². The van der Waals surface area contributed by atoms with E-state index in [-0.39, 0.29) is 35.1 Å². The van der Waals surface area contributed by atoms with Crippen LogP contribution in [0.4, 0.5) is 0 Å². The predicted molar refractivity (Wildman–Crippen MR) is 138 cm³/mol. The Hall–Kier alpha value is -1.65. The highest BCUT2D eigenvalue weighted by Crippen LogP contribution is 2.43. The Morgan fingerprint density at radius 3 is 2.35 bits per heavy atom. The van der Waals surface area contributed by atoms with Crippen molar-refractivity contribution in [1.29, 1.82) is 0 Å². The fourth-order valence-corrected chi connectivity index (χ4v) is 4.60. The van der Waals surface area contributed by atoms with Crippen molar-refractivity contribution in [2.75, 3.05) is 20.1 Å².